The number of nitrogens with zero attached hydrogens (tertiary/aromatic N) is 1. The average molecular weight is 251 g/mol. The summed E-state index contributed by atoms with van der Waals surface area (Å²) in [5.74, 6) is 1.33. The summed E-state index contributed by atoms with van der Waals surface area (Å²) in [4.78, 5) is 25.4. The van der Waals surface area contributed by atoms with Crippen LogP contribution in [0.2, 0.25) is 0 Å². The molecule has 0 bridgehead atoms. The SMILES string of the molecule is NC1CC[C@@H]2CN(C(=O)[C@H]3CCC(=O)N3)C[C@@H]2C1. The van der Waals surface area contributed by atoms with Crippen LogP contribution in [0.5, 0.6) is 0 Å². The van der Waals surface area contributed by atoms with Gasteiger partial charge in [-0.3, -0.25) is 9.59 Å². The minimum Gasteiger partial charge on any atom is -0.344 e. The van der Waals surface area contributed by atoms with Crippen LogP contribution in [-0.4, -0.2) is 41.9 Å². The zero-order valence-electron chi connectivity index (χ0n) is 10.6. The molecule has 0 spiro atoms. The van der Waals surface area contributed by atoms with Gasteiger partial charge in [0.1, 0.15) is 6.04 Å². The first kappa shape index (κ1) is 12.0. The van der Waals surface area contributed by atoms with E-state index in [1.54, 1.807) is 0 Å². The lowest BCUT2D eigenvalue weighted by atomic mass is 9.79. The molecular weight excluding hydrogens is 230 g/mol. The summed E-state index contributed by atoms with van der Waals surface area (Å²) >= 11 is 0. The number of fused-ring (bicyclic) bond motifs is 1. The van der Waals surface area contributed by atoms with Gasteiger partial charge in [-0.1, -0.05) is 0 Å². The number of carbonyl (C=O) groups excluding carboxylic acids is 2. The van der Waals surface area contributed by atoms with Crippen molar-refractivity contribution in [3.63, 3.8) is 0 Å². The molecule has 3 rings (SSSR count). The Morgan fingerprint density at radius 3 is 2.72 bits per heavy atom. The molecule has 1 aliphatic carbocycles. The van der Waals surface area contributed by atoms with Crippen molar-refractivity contribution in [1.29, 1.82) is 0 Å². The van der Waals surface area contributed by atoms with Crippen molar-refractivity contribution in [2.75, 3.05) is 13.1 Å². The van der Waals surface area contributed by atoms with Crippen molar-refractivity contribution in [1.82, 2.24) is 10.2 Å². The van der Waals surface area contributed by atoms with E-state index in [-0.39, 0.29) is 17.9 Å². The van der Waals surface area contributed by atoms with Gasteiger partial charge in [-0.05, 0) is 37.5 Å². The number of nitrogens with one attached hydrogen (secondary N) is 1. The number of hydrogen-bond donors (Lipinski definition) is 2. The second-order valence-corrected chi connectivity index (χ2v) is 6.00. The Hall–Kier alpha value is -1.10. The van der Waals surface area contributed by atoms with Crippen LogP contribution >= 0.6 is 0 Å². The molecule has 2 amide bonds. The number of amides is 2. The van der Waals surface area contributed by atoms with Crippen LogP contribution in [0.1, 0.15) is 32.1 Å². The predicted molar refractivity (Wildman–Crippen MR) is 66.6 cm³/mol. The van der Waals surface area contributed by atoms with Gasteiger partial charge in [0.15, 0.2) is 0 Å². The van der Waals surface area contributed by atoms with Crippen LogP contribution in [0.25, 0.3) is 0 Å². The summed E-state index contributed by atoms with van der Waals surface area (Å²) in [5, 5.41) is 2.77. The molecule has 3 aliphatic rings. The fourth-order valence-corrected chi connectivity index (χ4v) is 3.67. The van der Waals surface area contributed by atoms with Crippen LogP contribution in [0.3, 0.4) is 0 Å². The van der Waals surface area contributed by atoms with Gasteiger partial charge >= 0.3 is 0 Å². The molecule has 2 heterocycles. The molecule has 5 heteroatoms. The summed E-state index contributed by atoms with van der Waals surface area (Å²) < 4.78 is 0. The second kappa shape index (κ2) is 4.53. The van der Waals surface area contributed by atoms with Crippen molar-refractivity contribution < 1.29 is 9.59 Å². The van der Waals surface area contributed by atoms with Gasteiger partial charge in [0.25, 0.3) is 0 Å². The maximum atomic E-state index is 12.3. The third kappa shape index (κ3) is 2.11. The number of likely N-dealkylation sites (tertiary alicyclic amines) is 1. The molecule has 0 aromatic heterocycles. The van der Waals surface area contributed by atoms with Gasteiger partial charge in [-0.2, -0.15) is 0 Å². The number of carbonyl (C=O) groups is 2. The molecule has 3 N–H and O–H groups in total. The lowest BCUT2D eigenvalue weighted by Crippen LogP contribution is -2.43. The largest absolute Gasteiger partial charge is 0.344 e. The van der Waals surface area contributed by atoms with Gasteiger partial charge < -0.3 is 16.0 Å². The molecule has 18 heavy (non-hydrogen) atoms. The van der Waals surface area contributed by atoms with Crippen LogP contribution in [0, 0.1) is 11.8 Å². The summed E-state index contributed by atoms with van der Waals surface area (Å²) in [7, 11) is 0. The van der Waals surface area contributed by atoms with Gasteiger partial charge in [0.05, 0.1) is 0 Å². The van der Waals surface area contributed by atoms with Crippen LogP contribution in [0.4, 0.5) is 0 Å². The molecule has 1 unspecified atom stereocenters. The van der Waals surface area contributed by atoms with E-state index in [2.05, 4.69) is 5.32 Å². The van der Waals surface area contributed by atoms with Crippen LogP contribution in [-0.2, 0) is 9.59 Å². The first-order chi connectivity index (χ1) is 8.63. The van der Waals surface area contributed by atoms with E-state index in [1.807, 2.05) is 4.90 Å². The van der Waals surface area contributed by atoms with Crippen molar-refractivity contribution in [3.8, 4) is 0 Å². The zero-order valence-corrected chi connectivity index (χ0v) is 10.6. The van der Waals surface area contributed by atoms with Crippen LogP contribution < -0.4 is 11.1 Å². The Bertz CT molecular complexity index is 371. The summed E-state index contributed by atoms with van der Waals surface area (Å²) in [6.07, 6.45) is 4.42. The molecule has 3 fully saturated rings. The molecule has 2 aliphatic heterocycles. The van der Waals surface area contributed by atoms with Crippen molar-refractivity contribution in [2.45, 2.75) is 44.2 Å². The minimum atomic E-state index is -0.272. The monoisotopic (exact) mass is 251 g/mol. The number of hydrogen-bond acceptors (Lipinski definition) is 3. The van der Waals surface area contributed by atoms with Crippen LogP contribution in [0.15, 0.2) is 0 Å². The molecule has 0 aromatic rings. The maximum Gasteiger partial charge on any atom is 0.245 e. The lowest BCUT2D eigenvalue weighted by Gasteiger charge is -2.27. The standard InChI is InChI=1S/C13H21N3O2/c14-10-2-1-8-6-16(7-9(8)5-10)13(18)11-3-4-12(17)15-11/h8-11H,1-7,14H2,(H,15,17)/t8-,9+,10?,11-/m1/s1. The average Bonchev–Trinajstić information content (AvgIpc) is 2.93. The van der Waals surface area contributed by atoms with E-state index < -0.39 is 0 Å². The Morgan fingerprint density at radius 1 is 1.22 bits per heavy atom. The molecule has 2 saturated heterocycles. The summed E-state index contributed by atoms with van der Waals surface area (Å²) in [6.45, 7) is 1.70. The van der Waals surface area contributed by atoms with E-state index in [1.165, 1.54) is 0 Å². The normalized spacial score (nSPS) is 39.6. The Kier molecular flexibility index (Phi) is 3.01. The number of rotatable bonds is 1. The Morgan fingerprint density at radius 2 is 2.00 bits per heavy atom. The van der Waals surface area contributed by atoms with E-state index >= 15 is 0 Å². The van der Waals surface area contributed by atoms with E-state index in [4.69, 9.17) is 5.73 Å². The number of nitrogens with two attached hydrogens (primary N) is 1. The summed E-state index contributed by atoms with van der Waals surface area (Å²) in [6, 6.07) is 0.0406. The molecule has 5 nitrogen and oxygen atoms in total. The van der Waals surface area contributed by atoms with E-state index in [0.717, 1.165) is 32.4 Å². The third-order valence-corrected chi connectivity index (χ3v) is 4.70. The second-order valence-electron chi connectivity index (χ2n) is 6.00. The highest BCUT2D eigenvalue weighted by Gasteiger charge is 2.41. The molecule has 0 radical (unpaired) electrons. The van der Waals surface area contributed by atoms with Gasteiger partial charge in [-0.25, -0.2) is 0 Å². The van der Waals surface area contributed by atoms with Gasteiger partial charge in [0.2, 0.25) is 11.8 Å². The van der Waals surface area contributed by atoms with E-state index in [9.17, 15) is 9.59 Å². The smallest absolute Gasteiger partial charge is 0.245 e. The zero-order chi connectivity index (χ0) is 12.7. The van der Waals surface area contributed by atoms with E-state index in [0.29, 0.717) is 30.7 Å². The minimum absolute atomic E-state index is 0.00647. The topological polar surface area (TPSA) is 75.4 Å². The predicted octanol–water partition coefficient (Wildman–Crippen LogP) is -0.149. The Labute approximate surface area is 107 Å². The highest BCUT2D eigenvalue weighted by molar-refractivity contribution is 5.90. The first-order valence-electron chi connectivity index (χ1n) is 6.97. The van der Waals surface area contributed by atoms with Crippen molar-refractivity contribution in [3.05, 3.63) is 0 Å². The highest BCUT2D eigenvalue weighted by Crippen LogP contribution is 2.36. The fourth-order valence-electron chi connectivity index (χ4n) is 3.67. The summed E-state index contributed by atoms with van der Waals surface area (Å²) in [5.41, 5.74) is 5.99. The van der Waals surface area contributed by atoms with Gasteiger partial charge in [-0.15, -0.1) is 0 Å². The molecule has 4 atom stereocenters. The quantitative estimate of drug-likeness (QED) is 0.680. The first-order valence-corrected chi connectivity index (χ1v) is 6.97. The molecule has 1 saturated carbocycles. The lowest BCUT2D eigenvalue weighted by molar-refractivity contribution is -0.133. The molecule has 100 valence electrons. The highest BCUT2D eigenvalue weighted by atomic mass is 16.2. The Balaban J connectivity index is 1.61. The third-order valence-electron chi connectivity index (χ3n) is 4.70. The fraction of sp³-hybridized carbons (Fsp3) is 0.846. The molecular formula is C13H21N3O2. The maximum absolute atomic E-state index is 12.3. The van der Waals surface area contributed by atoms with Crippen molar-refractivity contribution >= 4 is 11.8 Å². The molecule has 0 aromatic carbocycles. The van der Waals surface area contributed by atoms with Gasteiger partial charge in [0, 0.05) is 25.6 Å². The van der Waals surface area contributed by atoms with Crippen molar-refractivity contribution in [2.24, 2.45) is 17.6 Å².